The largest absolute Gasteiger partial charge is 0.368 e. The summed E-state index contributed by atoms with van der Waals surface area (Å²) in [6.45, 7) is 5.46. The van der Waals surface area contributed by atoms with Crippen molar-refractivity contribution >= 4 is 11.6 Å². The average molecular weight is 255 g/mol. The van der Waals surface area contributed by atoms with Gasteiger partial charge in [-0.15, -0.1) is 6.58 Å². The van der Waals surface area contributed by atoms with Crippen LogP contribution >= 0.6 is 0 Å². The number of hydrogen-bond donors (Lipinski definition) is 1. The molecule has 18 heavy (non-hydrogen) atoms. The second-order valence-electron chi connectivity index (χ2n) is 3.74. The third-order valence-corrected chi connectivity index (χ3v) is 2.19. The van der Waals surface area contributed by atoms with Gasteiger partial charge in [0.15, 0.2) is 0 Å². The van der Waals surface area contributed by atoms with E-state index in [1.54, 1.807) is 13.0 Å². The maximum atomic E-state index is 12.9. The summed E-state index contributed by atoms with van der Waals surface area (Å²) in [5, 5.41) is 2.38. The van der Waals surface area contributed by atoms with Crippen molar-refractivity contribution in [3.05, 3.63) is 42.5 Å². The van der Waals surface area contributed by atoms with Gasteiger partial charge in [0, 0.05) is 11.8 Å². The highest BCUT2D eigenvalue weighted by molar-refractivity contribution is 5.93. The van der Waals surface area contributed by atoms with Crippen LogP contribution in [0.15, 0.2) is 30.9 Å². The van der Waals surface area contributed by atoms with Crippen molar-refractivity contribution in [3.63, 3.8) is 0 Å². The highest BCUT2D eigenvalue weighted by atomic mass is 19.1. The van der Waals surface area contributed by atoms with E-state index in [2.05, 4.69) is 11.9 Å². The van der Waals surface area contributed by atoms with Crippen molar-refractivity contribution in [1.82, 2.24) is 0 Å². The summed E-state index contributed by atoms with van der Waals surface area (Å²) in [6, 6.07) is 2.81. The zero-order valence-electron chi connectivity index (χ0n) is 10.1. The first-order valence-corrected chi connectivity index (χ1v) is 5.52. The monoisotopic (exact) mass is 255 g/mol. The molecule has 5 heteroatoms. The summed E-state index contributed by atoms with van der Waals surface area (Å²) in [4.78, 5) is 11.6. The fourth-order valence-electron chi connectivity index (χ4n) is 1.27. The molecule has 1 rings (SSSR count). The molecule has 0 heterocycles. The Kier molecular flexibility index (Phi) is 5.45. The Hall–Kier alpha value is -1.75. The number of hydrogen-bond acceptors (Lipinski definition) is 2. The van der Waals surface area contributed by atoms with Crippen LogP contribution in [0.2, 0.25) is 0 Å². The van der Waals surface area contributed by atoms with E-state index in [-0.39, 0.29) is 5.69 Å². The number of rotatable bonds is 6. The lowest BCUT2D eigenvalue weighted by atomic mass is 10.2. The predicted octanol–water partition coefficient (Wildman–Crippen LogP) is 2.88. The Bertz CT molecular complexity index is 415. The average Bonchev–Trinajstić information content (AvgIpc) is 2.27. The van der Waals surface area contributed by atoms with Crippen LogP contribution in [0.25, 0.3) is 0 Å². The van der Waals surface area contributed by atoms with Gasteiger partial charge in [0.2, 0.25) is 0 Å². The molecule has 1 N–H and O–H groups in total. The fourth-order valence-corrected chi connectivity index (χ4v) is 1.27. The lowest BCUT2D eigenvalue weighted by Crippen LogP contribution is -2.28. The van der Waals surface area contributed by atoms with Crippen LogP contribution in [0, 0.1) is 11.6 Å². The molecule has 0 fully saturated rings. The summed E-state index contributed by atoms with van der Waals surface area (Å²) in [6.07, 6.45) is 1.61. The Morgan fingerprint density at radius 2 is 2.06 bits per heavy atom. The molecule has 1 aromatic carbocycles. The van der Waals surface area contributed by atoms with Crippen molar-refractivity contribution in [3.8, 4) is 0 Å². The fraction of sp³-hybridized carbons (Fsp3) is 0.308. The molecule has 1 amide bonds. The first-order chi connectivity index (χ1) is 8.52. The van der Waals surface area contributed by atoms with Crippen LogP contribution in [0.5, 0.6) is 0 Å². The van der Waals surface area contributed by atoms with Crippen molar-refractivity contribution in [2.45, 2.75) is 19.4 Å². The van der Waals surface area contributed by atoms with Crippen LogP contribution < -0.4 is 5.32 Å². The minimum atomic E-state index is -0.745. The highest BCUT2D eigenvalue weighted by Crippen LogP contribution is 2.13. The normalized spacial score (nSPS) is 11.9. The van der Waals surface area contributed by atoms with Crippen molar-refractivity contribution < 1.29 is 18.3 Å². The van der Waals surface area contributed by atoms with Gasteiger partial charge >= 0.3 is 0 Å². The first-order valence-electron chi connectivity index (χ1n) is 5.52. The minimum Gasteiger partial charge on any atom is -0.368 e. The zero-order chi connectivity index (χ0) is 13.5. The van der Waals surface area contributed by atoms with Gasteiger partial charge < -0.3 is 10.1 Å². The van der Waals surface area contributed by atoms with E-state index in [1.165, 1.54) is 0 Å². The third kappa shape index (κ3) is 4.63. The van der Waals surface area contributed by atoms with Crippen LogP contribution in [-0.2, 0) is 9.53 Å². The van der Waals surface area contributed by atoms with Gasteiger partial charge in [-0.25, -0.2) is 8.78 Å². The van der Waals surface area contributed by atoms with Gasteiger partial charge in [-0.1, -0.05) is 6.08 Å². The summed E-state index contributed by atoms with van der Waals surface area (Å²) in [5.74, 6) is -1.94. The molecule has 1 aromatic rings. The summed E-state index contributed by atoms with van der Waals surface area (Å²) in [5.41, 5.74) is 0.0664. The molecule has 3 nitrogen and oxygen atoms in total. The maximum absolute atomic E-state index is 12.9. The first kappa shape index (κ1) is 14.3. The Morgan fingerprint density at radius 1 is 1.44 bits per heavy atom. The minimum absolute atomic E-state index is 0.0664. The number of benzene rings is 1. The van der Waals surface area contributed by atoms with Crippen molar-refractivity contribution in [1.29, 1.82) is 0 Å². The van der Waals surface area contributed by atoms with E-state index in [4.69, 9.17) is 4.74 Å². The second kappa shape index (κ2) is 6.86. The number of halogens is 2. The van der Waals surface area contributed by atoms with Gasteiger partial charge in [-0.05, 0) is 25.5 Å². The van der Waals surface area contributed by atoms with E-state index in [9.17, 15) is 13.6 Å². The molecule has 98 valence electrons. The quantitative estimate of drug-likeness (QED) is 0.627. The molecule has 0 radical (unpaired) electrons. The lowest BCUT2D eigenvalue weighted by molar-refractivity contribution is -0.126. The highest BCUT2D eigenvalue weighted by Gasteiger charge is 2.13. The van der Waals surface area contributed by atoms with E-state index in [0.717, 1.165) is 18.2 Å². The molecule has 0 aliphatic heterocycles. The molecule has 0 spiro atoms. The topological polar surface area (TPSA) is 38.3 Å². The zero-order valence-corrected chi connectivity index (χ0v) is 10.1. The van der Waals surface area contributed by atoms with E-state index in [0.29, 0.717) is 13.0 Å². The lowest BCUT2D eigenvalue weighted by Gasteiger charge is -2.12. The van der Waals surface area contributed by atoms with Crippen LogP contribution in [0.1, 0.15) is 13.3 Å². The van der Waals surface area contributed by atoms with Gasteiger partial charge in [0.1, 0.15) is 17.7 Å². The molecule has 0 bridgehead atoms. The molecule has 0 saturated carbocycles. The summed E-state index contributed by atoms with van der Waals surface area (Å²) in [7, 11) is 0. The maximum Gasteiger partial charge on any atom is 0.253 e. The number of carbonyl (C=O) groups is 1. The van der Waals surface area contributed by atoms with Crippen LogP contribution in [-0.4, -0.2) is 18.6 Å². The van der Waals surface area contributed by atoms with E-state index >= 15 is 0 Å². The molecule has 1 atom stereocenters. The van der Waals surface area contributed by atoms with Gasteiger partial charge in [-0.2, -0.15) is 0 Å². The molecule has 0 saturated heterocycles. The van der Waals surface area contributed by atoms with Gasteiger partial charge in [0.25, 0.3) is 5.91 Å². The van der Waals surface area contributed by atoms with E-state index in [1.807, 2.05) is 0 Å². The van der Waals surface area contributed by atoms with Gasteiger partial charge in [-0.3, -0.25) is 4.79 Å². The number of amides is 1. The molecule has 0 aliphatic rings. The third-order valence-electron chi connectivity index (χ3n) is 2.19. The molecular formula is C13H15F2NO2. The Morgan fingerprint density at radius 3 is 2.61 bits per heavy atom. The smallest absolute Gasteiger partial charge is 0.253 e. The van der Waals surface area contributed by atoms with Crippen molar-refractivity contribution in [2.24, 2.45) is 0 Å². The van der Waals surface area contributed by atoms with Crippen LogP contribution in [0.3, 0.4) is 0 Å². The molecule has 0 aromatic heterocycles. The standard InChI is InChI=1S/C13H15F2NO2/c1-3-4-5-18-9(2)13(17)16-12-7-10(14)6-11(15)8-12/h3,6-9H,1,4-5H2,2H3,(H,16,17). The molecule has 1 unspecified atom stereocenters. The number of nitrogens with one attached hydrogen (secondary N) is 1. The van der Waals surface area contributed by atoms with Crippen LogP contribution in [0.4, 0.5) is 14.5 Å². The second-order valence-corrected chi connectivity index (χ2v) is 3.74. The molecule has 0 aliphatic carbocycles. The Balaban J connectivity index is 2.55. The predicted molar refractivity (Wildman–Crippen MR) is 65.2 cm³/mol. The Labute approximate surface area is 104 Å². The summed E-state index contributed by atoms with van der Waals surface area (Å²) >= 11 is 0. The van der Waals surface area contributed by atoms with Gasteiger partial charge in [0.05, 0.1) is 6.61 Å². The molecular weight excluding hydrogens is 240 g/mol. The SMILES string of the molecule is C=CCCOC(C)C(=O)Nc1cc(F)cc(F)c1. The van der Waals surface area contributed by atoms with Crippen molar-refractivity contribution in [2.75, 3.05) is 11.9 Å². The van der Waals surface area contributed by atoms with E-state index < -0.39 is 23.6 Å². The number of ether oxygens (including phenoxy) is 1. The number of anilines is 1. The number of carbonyl (C=O) groups excluding carboxylic acids is 1. The summed E-state index contributed by atoms with van der Waals surface area (Å²) < 4.78 is 31.0.